The quantitative estimate of drug-likeness (QED) is 0.610. The molecule has 0 atom stereocenters. The molecule has 1 fully saturated rings. The number of piperazine rings is 1. The van der Waals surface area contributed by atoms with E-state index in [0.717, 1.165) is 49.4 Å². The van der Waals surface area contributed by atoms with E-state index in [1.807, 2.05) is 42.5 Å². The largest absolute Gasteiger partial charge is 0.493 e. The van der Waals surface area contributed by atoms with Crippen LogP contribution in [0.4, 0.5) is 0 Å². The number of aromatic nitrogens is 2. The van der Waals surface area contributed by atoms with Crippen LogP contribution in [0.2, 0.25) is 0 Å². The molecule has 0 unspecified atom stereocenters. The van der Waals surface area contributed by atoms with Gasteiger partial charge in [0.05, 0.1) is 18.0 Å². The summed E-state index contributed by atoms with van der Waals surface area (Å²) in [6, 6.07) is 13.3. The van der Waals surface area contributed by atoms with Crippen molar-refractivity contribution in [2.24, 2.45) is 0 Å². The Morgan fingerprint density at radius 3 is 2.52 bits per heavy atom. The average Bonchev–Trinajstić information content (AvgIpc) is 2.75. The zero-order valence-corrected chi connectivity index (χ0v) is 16.9. The lowest BCUT2D eigenvalue weighted by Gasteiger charge is -2.32. The molecule has 1 aliphatic heterocycles. The molecule has 4 rings (SSSR count). The lowest BCUT2D eigenvalue weighted by atomic mass is 10.2. The van der Waals surface area contributed by atoms with Crippen molar-refractivity contribution in [3.63, 3.8) is 0 Å². The van der Waals surface area contributed by atoms with E-state index in [-0.39, 0.29) is 0 Å². The van der Waals surface area contributed by atoms with Gasteiger partial charge in [0, 0.05) is 38.8 Å². The van der Waals surface area contributed by atoms with Gasteiger partial charge in [-0.15, -0.1) is 0 Å². The molecular formula is C22H26N4O3. The minimum atomic E-state index is 0.489. The van der Waals surface area contributed by atoms with Gasteiger partial charge in [-0.25, -0.2) is 9.97 Å². The number of ether oxygens (including phenoxy) is 3. The van der Waals surface area contributed by atoms with Gasteiger partial charge in [-0.2, -0.15) is 0 Å². The van der Waals surface area contributed by atoms with Crippen molar-refractivity contribution >= 4 is 10.9 Å². The molecule has 7 heteroatoms. The second-order valence-electron chi connectivity index (χ2n) is 7.11. The zero-order valence-electron chi connectivity index (χ0n) is 16.9. The molecule has 1 saturated heterocycles. The van der Waals surface area contributed by atoms with Gasteiger partial charge in [-0.1, -0.05) is 18.2 Å². The molecule has 0 radical (unpaired) electrons. The van der Waals surface area contributed by atoms with Gasteiger partial charge in [-0.05, 0) is 25.2 Å². The summed E-state index contributed by atoms with van der Waals surface area (Å²) < 4.78 is 17.5. The van der Waals surface area contributed by atoms with Gasteiger partial charge in [0.15, 0.2) is 11.5 Å². The first-order valence-corrected chi connectivity index (χ1v) is 9.82. The number of hydrogen-bond acceptors (Lipinski definition) is 7. The first-order valence-electron chi connectivity index (χ1n) is 9.82. The fourth-order valence-electron chi connectivity index (χ4n) is 3.35. The molecule has 0 aliphatic carbocycles. The number of methoxy groups -OCH3 is 1. The topological polar surface area (TPSA) is 60.0 Å². The monoisotopic (exact) mass is 394 g/mol. The van der Waals surface area contributed by atoms with Crippen LogP contribution in [0.1, 0.15) is 0 Å². The molecule has 152 valence electrons. The molecule has 7 nitrogen and oxygen atoms in total. The fraction of sp³-hybridized carbons (Fsp3) is 0.364. The van der Waals surface area contributed by atoms with Crippen LogP contribution in [0.5, 0.6) is 23.1 Å². The van der Waals surface area contributed by atoms with E-state index in [0.29, 0.717) is 24.0 Å². The molecular weight excluding hydrogens is 368 g/mol. The SMILES string of the molecule is COc1cc2c(Oc3ccccc3)ncnc2cc1OCCN1CCN(C)CC1. The third-order valence-electron chi connectivity index (χ3n) is 5.10. The Hall–Kier alpha value is -2.90. The minimum Gasteiger partial charge on any atom is -0.493 e. The van der Waals surface area contributed by atoms with E-state index in [9.17, 15) is 0 Å². The molecule has 2 heterocycles. The highest BCUT2D eigenvalue weighted by Crippen LogP contribution is 2.35. The van der Waals surface area contributed by atoms with Gasteiger partial charge in [0.25, 0.3) is 0 Å². The van der Waals surface area contributed by atoms with Crippen LogP contribution < -0.4 is 14.2 Å². The molecule has 0 bridgehead atoms. The van der Waals surface area contributed by atoms with Gasteiger partial charge < -0.3 is 19.1 Å². The molecule has 0 saturated carbocycles. The lowest BCUT2D eigenvalue weighted by molar-refractivity contribution is 0.133. The Balaban J connectivity index is 1.50. The minimum absolute atomic E-state index is 0.489. The molecule has 0 amide bonds. The number of nitrogens with zero attached hydrogens (tertiary/aromatic N) is 4. The smallest absolute Gasteiger partial charge is 0.230 e. The second kappa shape index (κ2) is 9.07. The molecule has 0 spiro atoms. The van der Waals surface area contributed by atoms with Crippen molar-refractivity contribution in [1.82, 2.24) is 19.8 Å². The van der Waals surface area contributed by atoms with Crippen molar-refractivity contribution in [2.75, 3.05) is 53.5 Å². The van der Waals surface area contributed by atoms with Crippen LogP contribution in [-0.4, -0.2) is 73.3 Å². The Labute approximate surface area is 170 Å². The summed E-state index contributed by atoms with van der Waals surface area (Å²) in [5.41, 5.74) is 0.751. The normalized spacial score (nSPS) is 15.4. The first kappa shape index (κ1) is 19.4. The van der Waals surface area contributed by atoms with Gasteiger partial charge in [-0.3, -0.25) is 4.90 Å². The summed E-state index contributed by atoms with van der Waals surface area (Å²) in [4.78, 5) is 13.4. The van der Waals surface area contributed by atoms with E-state index >= 15 is 0 Å². The predicted octanol–water partition coefficient (Wildman–Crippen LogP) is 3.06. The van der Waals surface area contributed by atoms with Crippen LogP contribution in [0.15, 0.2) is 48.8 Å². The number of hydrogen-bond donors (Lipinski definition) is 0. The molecule has 29 heavy (non-hydrogen) atoms. The van der Waals surface area contributed by atoms with Crippen molar-refractivity contribution < 1.29 is 14.2 Å². The summed E-state index contributed by atoms with van der Waals surface area (Å²) in [6.07, 6.45) is 1.50. The van der Waals surface area contributed by atoms with Crippen LogP contribution in [0.25, 0.3) is 10.9 Å². The molecule has 0 N–H and O–H groups in total. The van der Waals surface area contributed by atoms with E-state index in [2.05, 4.69) is 26.8 Å². The number of rotatable bonds is 7. The van der Waals surface area contributed by atoms with Gasteiger partial charge in [0.1, 0.15) is 18.7 Å². The molecule has 1 aromatic heterocycles. The van der Waals surface area contributed by atoms with Crippen molar-refractivity contribution in [2.45, 2.75) is 0 Å². The lowest BCUT2D eigenvalue weighted by Crippen LogP contribution is -2.45. The van der Waals surface area contributed by atoms with Gasteiger partial charge in [0.2, 0.25) is 5.88 Å². The van der Waals surface area contributed by atoms with Crippen molar-refractivity contribution in [3.8, 4) is 23.1 Å². The summed E-state index contributed by atoms with van der Waals surface area (Å²) in [6.45, 7) is 5.83. The predicted molar refractivity (Wildman–Crippen MR) is 112 cm³/mol. The van der Waals surface area contributed by atoms with Crippen LogP contribution in [0.3, 0.4) is 0 Å². The molecule has 2 aromatic carbocycles. The van der Waals surface area contributed by atoms with Crippen molar-refractivity contribution in [1.29, 1.82) is 0 Å². The summed E-state index contributed by atoms with van der Waals surface area (Å²) in [5, 5.41) is 0.777. The maximum absolute atomic E-state index is 6.04. The fourth-order valence-corrected chi connectivity index (χ4v) is 3.35. The second-order valence-corrected chi connectivity index (χ2v) is 7.11. The summed E-state index contributed by atoms with van der Waals surface area (Å²) >= 11 is 0. The Morgan fingerprint density at radius 1 is 0.966 bits per heavy atom. The van der Waals surface area contributed by atoms with E-state index in [1.165, 1.54) is 6.33 Å². The number of benzene rings is 2. The summed E-state index contributed by atoms with van der Waals surface area (Å²) in [5.74, 6) is 2.53. The average molecular weight is 394 g/mol. The highest BCUT2D eigenvalue weighted by atomic mass is 16.5. The highest BCUT2D eigenvalue weighted by molar-refractivity contribution is 5.87. The van der Waals surface area contributed by atoms with E-state index in [1.54, 1.807) is 7.11 Å². The zero-order chi connectivity index (χ0) is 20.1. The summed E-state index contributed by atoms with van der Waals surface area (Å²) in [7, 11) is 3.79. The Bertz CT molecular complexity index is 943. The van der Waals surface area contributed by atoms with Crippen LogP contribution >= 0.6 is 0 Å². The highest BCUT2D eigenvalue weighted by Gasteiger charge is 2.15. The maximum Gasteiger partial charge on any atom is 0.230 e. The van der Waals surface area contributed by atoms with Crippen LogP contribution in [-0.2, 0) is 0 Å². The first-order chi connectivity index (χ1) is 14.2. The van der Waals surface area contributed by atoms with Gasteiger partial charge >= 0.3 is 0 Å². The number of para-hydroxylation sites is 1. The number of likely N-dealkylation sites (N-methyl/N-ethyl adjacent to an activating group) is 1. The Morgan fingerprint density at radius 2 is 1.76 bits per heavy atom. The standard InChI is InChI=1S/C22H26N4O3/c1-25-8-10-26(11-9-25)12-13-28-21-15-19-18(14-20(21)27-2)22(24-16-23-19)29-17-6-4-3-5-7-17/h3-7,14-16H,8-13H2,1-2H3. The third kappa shape index (κ3) is 4.75. The molecule has 1 aliphatic rings. The number of fused-ring (bicyclic) bond motifs is 1. The molecule has 3 aromatic rings. The van der Waals surface area contributed by atoms with Crippen molar-refractivity contribution in [3.05, 3.63) is 48.8 Å². The Kier molecular flexibility index (Phi) is 6.07. The van der Waals surface area contributed by atoms with E-state index < -0.39 is 0 Å². The maximum atomic E-state index is 6.04. The van der Waals surface area contributed by atoms with E-state index in [4.69, 9.17) is 14.2 Å². The van der Waals surface area contributed by atoms with Crippen LogP contribution in [0, 0.1) is 0 Å². The third-order valence-corrected chi connectivity index (χ3v) is 5.10.